The lowest BCUT2D eigenvalue weighted by atomic mass is 10.1. The lowest BCUT2D eigenvalue weighted by Crippen LogP contribution is -2.38. The maximum Gasteiger partial charge on any atom is 0.264 e. The fraction of sp³-hybridized carbons (Fsp3) is 0.231. The summed E-state index contributed by atoms with van der Waals surface area (Å²) < 4.78 is 19.1. The molecule has 33 heavy (non-hydrogen) atoms. The zero-order chi connectivity index (χ0) is 23.4. The highest BCUT2D eigenvalue weighted by Crippen LogP contribution is 2.30. The Bertz CT molecular complexity index is 1150. The first-order chi connectivity index (χ1) is 15.9. The summed E-state index contributed by atoms with van der Waals surface area (Å²) in [6.45, 7) is 2.70. The van der Waals surface area contributed by atoms with E-state index < -0.39 is 6.10 Å². The van der Waals surface area contributed by atoms with Gasteiger partial charge in [-0.1, -0.05) is 42.8 Å². The normalized spacial score (nSPS) is 15.4. The van der Waals surface area contributed by atoms with Gasteiger partial charge in [-0.15, -0.1) is 0 Å². The highest BCUT2D eigenvalue weighted by molar-refractivity contribution is 6.30. The van der Waals surface area contributed by atoms with Crippen molar-refractivity contribution in [2.24, 2.45) is 0 Å². The number of hydrogen-bond acceptors (Lipinski definition) is 3. The van der Waals surface area contributed by atoms with Gasteiger partial charge in [0.05, 0.1) is 6.42 Å². The minimum Gasteiger partial charge on any atom is -0.480 e. The van der Waals surface area contributed by atoms with Crippen LogP contribution in [0.5, 0.6) is 5.75 Å². The quantitative estimate of drug-likeness (QED) is 0.532. The SMILES string of the molecule is CCC1Oc2ccc(NC(=O)Cc3ccc(F)cc3)cc2CN(Cc2ccc(Cl)cc2)C1=O. The minimum atomic E-state index is -0.572. The van der Waals surface area contributed by atoms with Gasteiger partial charge in [-0.2, -0.15) is 0 Å². The molecule has 5 nitrogen and oxygen atoms in total. The van der Waals surface area contributed by atoms with Crippen molar-refractivity contribution in [1.29, 1.82) is 0 Å². The van der Waals surface area contributed by atoms with Crippen LogP contribution in [0.3, 0.4) is 0 Å². The molecule has 3 aromatic carbocycles. The number of rotatable bonds is 6. The van der Waals surface area contributed by atoms with Gasteiger partial charge in [-0.3, -0.25) is 9.59 Å². The molecule has 3 aromatic rings. The zero-order valence-electron chi connectivity index (χ0n) is 18.2. The molecule has 0 spiro atoms. The number of nitrogens with zero attached hydrogens (tertiary/aromatic N) is 1. The Kier molecular flexibility index (Phi) is 6.94. The van der Waals surface area contributed by atoms with Crippen molar-refractivity contribution < 1.29 is 18.7 Å². The largest absolute Gasteiger partial charge is 0.480 e. The summed E-state index contributed by atoms with van der Waals surface area (Å²) in [5.41, 5.74) is 3.11. The van der Waals surface area contributed by atoms with Gasteiger partial charge in [0, 0.05) is 29.4 Å². The van der Waals surface area contributed by atoms with Gasteiger partial charge in [0.25, 0.3) is 5.91 Å². The van der Waals surface area contributed by atoms with Gasteiger partial charge in [-0.25, -0.2) is 4.39 Å². The van der Waals surface area contributed by atoms with Crippen LogP contribution in [0, 0.1) is 5.82 Å². The number of benzene rings is 3. The number of hydrogen-bond donors (Lipinski definition) is 1. The standard InChI is InChI=1S/C26H24ClFN2O3/c1-2-23-26(32)30(15-18-3-7-20(27)8-4-18)16-19-14-22(11-12-24(19)33-23)29-25(31)13-17-5-9-21(28)10-6-17/h3-12,14,23H,2,13,15-16H2,1H3,(H,29,31). The lowest BCUT2D eigenvalue weighted by Gasteiger charge is -2.23. The fourth-order valence-electron chi connectivity index (χ4n) is 3.78. The molecule has 0 bridgehead atoms. The predicted molar refractivity (Wildman–Crippen MR) is 126 cm³/mol. The van der Waals surface area contributed by atoms with E-state index in [-0.39, 0.29) is 24.1 Å². The van der Waals surface area contributed by atoms with Crippen LogP contribution in [0.25, 0.3) is 0 Å². The summed E-state index contributed by atoms with van der Waals surface area (Å²) in [5.74, 6) is 0.000473. The Morgan fingerprint density at radius 2 is 1.79 bits per heavy atom. The van der Waals surface area contributed by atoms with Crippen molar-refractivity contribution in [3.05, 3.63) is 94.3 Å². The van der Waals surface area contributed by atoms with Gasteiger partial charge in [0.2, 0.25) is 5.91 Å². The Balaban J connectivity index is 1.52. The predicted octanol–water partition coefficient (Wildman–Crippen LogP) is 5.36. The van der Waals surface area contributed by atoms with Crippen molar-refractivity contribution in [3.8, 4) is 5.75 Å². The molecule has 1 N–H and O–H groups in total. The summed E-state index contributed by atoms with van der Waals surface area (Å²) >= 11 is 5.99. The van der Waals surface area contributed by atoms with E-state index in [1.165, 1.54) is 12.1 Å². The molecule has 170 valence electrons. The average Bonchev–Trinajstić information content (AvgIpc) is 2.93. The Hall–Kier alpha value is -3.38. The number of fused-ring (bicyclic) bond motifs is 1. The number of carbonyl (C=O) groups is 2. The van der Waals surface area contributed by atoms with Crippen LogP contribution in [-0.4, -0.2) is 22.8 Å². The number of nitrogens with one attached hydrogen (secondary N) is 1. The van der Waals surface area contributed by atoms with E-state index in [0.29, 0.717) is 36.0 Å². The number of ether oxygens (including phenoxy) is 1. The highest BCUT2D eigenvalue weighted by Gasteiger charge is 2.30. The Morgan fingerprint density at radius 3 is 2.48 bits per heavy atom. The maximum atomic E-state index is 13.1. The van der Waals surface area contributed by atoms with E-state index in [4.69, 9.17) is 16.3 Å². The van der Waals surface area contributed by atoms with Crippen molar-refractivity contribution in [2.45, 2.75) is 39.0 Å². The summed E-state index contributed by atoms with van der Waals surface area (Å²) in [4.78, 5) is 27.3. The number of carbonyl (C=O) groups excluding carboxylic acids is 2. The first-order valence-electron chi connectivity index (χ1n) is 10.8. The van der Waals surface area contributed by atoms with E-state index in [1.54, 1.807) is 41.3 Å². The van der Waals surface area contributed by atoms with E-state index in [2.05, 4.69) is 5.32 Å². The molecule has 2 amide bonds. The van der Waals surface area contributed by atoms with Gasteiger partial charge in [-0.05, 0) is 60.0 Å². The highest BCUT2D eigenvalue weighted by atomic mass is 35.5. The van der Waals surface area contributed by atoms with Crippen LogP contribution >= 0.6 is 11.6 Å². The molecule has 4 rings (SSSR count). The summed E-state index contributed by atoms with van der Waals surface area (Å²) in [7, 11) is 0. The van der Waals surface area contributed by atoms with Gasteiger partial charge in [0.1, 0.15) is 11.6 Å². The second-order valence-electron chi connectivity index (χ2n) is 8.01. The van der Waals surface area contributed by atoms with Crippen molar-refractivity contribution >= 4 is 29.1 Å². The number of amides is 2. The van der Waals surface area contributed by atoms with Crippen molar-refractivity contribution in [1.82, 2.24) is 4.90 Å². The molecule has 0 saturated heterocycles. The van der Waals surface area contributed by atoms with Crippen LogP contribution in [0.15, 0.2) is 66.7 Å². The van der Waals surface area contributed by atoms with Crippen LogP contribution in [0.4, 0.5) is 10.1 Å². The third-order valence-corrected chi connectivity index (χ3v) is 5.75. The summed E-state index contributed by atoms with van der Waals surface area (Å²) in [6, 6.07) is 18.6. The molecule has 7 heteroatoms. The van der Waals surface area contributed by atoms with Gasteiger partial charge < -0.3 is 15.0 Å². The third kappa shape index (κ3) is 5.71. The molecule has 1 aliphatic rings. The number of halogens is 2. The topological polar surface area (TPSA) is 58.6 Å². The molecule has 0 radical (unpaired) electrons. The molecule has 1 aliphatic heterocycles. The molecule has 1 heterocycles. The van der Waals surface area contributed by atoms with E-state index >= 15 is 0 Å². The molecule has 0 aromatic heterocycles. The van der Waals surface area contributed by atoms with Crippen LogP contribution in [0.2, 0.25) is 5.02 Å². The monoisotopic (exact) mass is 466 g/mol. The minimum absolute atomic E-state index is 0.0782. The second kappa shape index (κ2) is 10.0. The molecule has 0 saturated carbocycles. The third-order valence-electron chi connectivity index (χ3n) is 5.50. The molecular weight excluding hydrogens is 443 g/mol. The molecule has 1 unspecified atom stereocenters. The molecule has 1 atom stereocenters. The second-order valence-corrected chi connectivity index (χ2v) is 8.45. The smallest absolute Gasteiger partial charge is 0.264 e. The Morgan fingerprint density at radius 1 is 1.09 bits per heavy atom. The van der Waals surface area contributed by atoms with Gasteiger partial charge in [0.15, 0.2) is 6.10 Å². The Labute approximate surface area is 197 Å². The molecule has 0 aliphatic carbocycles. The summed E-state index contributed by atoms with van der Waals surface area (Å²) in [6.07, 6.45) is 0.107. The first-order valence-corrected chi connectivity index (χ1v) is 11.2. The van der Waals surface area contributed by atoms with Crippen LogP contribution in [0.1, 0.15) is 30.0 Å². The van der Waals surface area contributed by atoms with Gasteiger partial charge >= 0.3 is 0 Å². The number of anilines is 1. The van der Waals surface area contributed by atoms with Crippen LogP contribution in [-0.2, 0) is 29.1 Å². The molecular formula is C26H24ClFN2O3. The average molecular weight is 467 g/mol. The maximum absolute atomic E-state index is 13.1. The lowest BCUT2D eigenvalue weighted by molar-refractivity contribution is -0.139. The van der Waals surface area contributed by atoms with E-state index in [1.807, 2.05) is 25.1 Å². The van der Waals surface area contributed by atoms with Crippen molar-refractivity contribution in [2.75, 3.05) is 5.32 Å². The zero-order valence-corrected chi connectivity index (χ0v) is 18.9. The van der Waals surface area contributed by atoms with E-state index in [9.17, 15) is 14.0 Å². The fourth-order valence-corrected chi connectivity index (χ4v) is 3.91. The van der Waals surface area contributed by atoms with Crippen LogP contribution < -0.4 is 10.1 Å². The van der Waals surface area contributed by atoms with Crippen molar-refractivity contribution in [3.63, 3.8) is 0 Å². The summed E-state index contributed by atoms with van der Waals surface area (Å²) in [5, 5.41) is 3.52. The molecule has 0 fully saturated rings. The first kappa shape index (κ1) is 22.8. The van der Waals surface area contributed by atoms with E-state index in [0.717, 1.165) is 16.7 Å².